The normalized spacial score (nSPS) is 11.6. The Bertz CT molecular complexity index is 2620. The predicted octanol–water partition coefficient (Wildman–Crippen LogP) is 10.3. The maximum Gasteiger partial charge on any atom is 0.161 e. The van der Waals surface area contributed by atoms with Gasteiger partial charge in [0, 0.05) is 47.6 Å². The van der Waals surface area contributed by atoms with E-state index in [0.717, 1.165) is 33.2 Å². The van der Waals surface area contributed by atoms with E-state index in [1.54, 1.807) is 0 Å². The van der Waals surface area contributed by atoms with Crippen LogP contribution in [0.5, 0.6) is 0 Å². The Balaban J connectivity index is 1.22. The number of nitrogens with zero attached hydrogens (tertiary/aromatic N) is 4. The van der Waals surface area contributed by atoms with Gasteiger partial charge in [-0.3, -0.25) is 0 Å². The van der Waals surface area contributed by atoms with Gasteiger partial charge in [0.05, 0.1) is 16.6 Å². The second-order valence-electron chi connectivity index (χ2n) is 10.9. The molecule has 0 aliphatic carbocycles. The number of hydrogen-bond donors (Lipinski definition) is 0. The Morgan fingerprint density at radius 1 is 0.568 bits per heavy atom. The molecule has 0 aliphatic rings. The second-order valence-corrected chi connectivity index (χ2v) is 12.0. The number of nitriles is 1. The number of fused-ring (bicyclic) bond motifs is 7. The van der Waals surface area contributed by atoms with Crippen molar-refractivity contribution >= 4 is 64.2 Å². The molecule has 0 aliphatic heterocycles. The first-order valence-electron chi connectivity index (χ1n) is 14.5. The van der Waals surface area contributed by atoms with Crippen molar-refractivity contribution in [2.75, 3.05) is 0 Å². The van der Waals surface area contributed by atoms with Crippen molar-refractivity contribution in [1.82, 2.24) is 14.5 Å². The molecule has 9 rings (SSSR count). The summed E-state index contributed by atoms with van der Waals surface area (Å²) in [6.07, 6.45) is 0. The maximum absolute atomic E-state index is 9.73. The van der Waals surface area contributed by atoms with Crippen LogP contribution in [0.15, 0.2) is 133 Å². The molecule has 0 spiro atoms. The van der Waals surface area contributed by atoms with Crippen LogP contribution in [0.3, 0.4) is 0 Å². The monoisotopic (exact) mass is 578 g/mol. The van der Waals surface area contributed by atoms with Gasteiger partial charge >= 0.3 is 0 Å². The van der Waals surface area contributed by atoms with Crippen LogP contribution >= 0.6 is 11.3 Å². The molecule has 0 saturated heterocycles. The van der Waals surface area contributed by atoms with Crippen molar-refractivity contribution in [3.05, 3.63) is 139 Å². The first kappa shape index (κ1) is 24.7. The topological polar surface area (TPSA) is 54.5 Å². The van der Waals surface area contributed by atoms with Crippen LogP contribution in [0.2, 0.25) is 0 Å². The largest absolute Gasteiger partial charge is 0.309 e. The molecule has 9 aromatic rings. The highest BCUT2D eigenvalue weighted by Crippen LogP contribution is 2.41. The van der Waals surface area contributed by atoms with Crippen molar-refractivity contribution in [1.29, 1.82) is 5.26 Å². The van der Waals surface area contributed by atoms with E-state index >= 15 is 0 Å². The molecule has 3 heterocycles. The van der Waals surface area contributed by atoms with Crippen LogP contribution in [-0.4, -0.2) is 14.5 Å². The summed E-state index contributed by atoms with van der Waals surface area (Å²) in [4.78, 5) is 9.35. The summed E-state index contributed by atoms with van der Waals surface area (Å²) in [5.74, 6) is 0.549. The van der Waals surface area contributed by atoms with E-state index in [4.69, 9.17) is 4.98 Å². The molecule has 0 radical (unpaired) electrons. The molecule has 6 aromatic carbocycles. The summed E-state index contributed by atoms with van der Waals surface area (Å²) in [6.45, 7) is 0. The highest BCUT2D eigenvalue weighted by molar-refractivity contribution is 7.25. The third kappa shape index (κ3) is 3.69. The van der Waals surface area contributed by atoms with Crippen LogP contribution < -0.4 is 0 Å². The van der Waals surface area contributed by atoms with Gasteiger partial charge in [0.2, 0.25) is 0 Å². The van der Waals surface area contributed by atoms with Crippen LogP contribution in [0.25, 0.3) is 81.1 Å². The highest BCUT2D eigenvalue weighted by atomic mass is 32.1. The molecule has 5 heteroatoms. The summed E-state index contributed by atoms with van der Waals surface area (Å²) < 4.78 is 4.95. The summed E-state index contributed by atoms with van der Waals surface area (Å²) >= 11 is 1.85. The minimum absolute atomic E-state index is 0.387. The second kappa shape index (κ2) is 9.60. The zero-order valence-corrected chi connectivity index (χ0v) is 24.2. The average molecular weight is 579 g/mol. The van der Waals surface area contributed by atoms with Crippen molar-refractivity contribution in [2.24, 2.45) is 0 Å². The zero-order chi connectivity index (χ0) is 29.2. The van der Waals surface area contributed by atoms with Crippen molar-refractivity contribution in [3.8, 4) is 34.3 Å². The van der Waals surface area contributed by atoms with Gasteiger partial charge in [-0.05, 0) is 77.9 Å². The Morgan fingerprint density at radius 3 is 2.14 bits per heavy atom. The lowest BCUT2D eigenvalue weighted by atomic mass is 9.98. The van der Waals surface area contributed by atoms with Crippen LogP contribution in [0.4, 0.5) is 0 Å². The van der Waals surface area contributed by atoms with Gasteiger partial charge < -0.3 is 4.57 Å². The molecule has 0 amide bonds. The van der Waals surface area contributed by atoms with Gasteiger partial charge in [-0.25, -0.2) is 9.97 Å². The highest BCUT2D eigenvalue weighted by Gasteiger charge is 2.17. The van der Waals surface area contributed by atoms with Crippen molar-refractivity contribution in [3.63, 3.8) is 0 Å². The average Bonchev–Trinajstić information content (AvgIpc) is 3.63. The van der Waals surface area contributed by atoms with E-state index in [9.17, 15) is 5.26 Å². The molecule has 0 unspecified atom stereocenters. The number of benzene rings is 6. The van der Waals surface area contributed by atoms with E-state index in [1.165, 1.54) is 42.1 Å². The molecule has 0 N–H and O–H groups in total. The molecule has 44 heavy (non-hydrogen) atoms. The summed E-state index contributed by atoms with van der Waals surface area (Å²) in [6, 6.07) is 48.9. The molecule has 0 saturated carbocycles. The zero-order valence-electron chi connectivity index (χ0n) is 23.4. The van der Waals surface area contributed by atoms with E-state index in [0.29, 0.717) is 11.5 Å². The molecule has 204 valence electrons. The first-order valence-corrected chi connectivity index (χ1v) is 15.3. The predicted molar refractivity (Wildman–Crippen MR) is 182 cm³/mol. The number of hydrogen-bond acceptors (Lipinski definition) is 4. The lowest BCUT2D eigenvalue weighted by Gasteiger charge is -2.10. The van der Waals surface area contributed by atoms with E-state index < -0.39 is 0 Å². The fourth-order valence-electron chi connectivity index (χ4n) is 6.48. The third-order valence-electron chi connectivity index (χ3n) is 8.48. The van der Waals surface area contributed by atoms with E-state index in [1.807, 2.05) is 47.7 Å². The maximum atomic E-state index is 9.73. The lowest BCUT2D eigenvalue weighted by Crippen LogP contribution is -1.97. The molecular formula is C39H22N4S. The van der Waals surface area contributed by atoms with E-state index in [2.05, 4.69) is 113 Å². The number of aromatic nitrogens is 3. The number of rotatable bonds is 3. The fourth-order valence-corrected chi connectivity index (χ4v) is 7.57. The summed E-state index contributed by atoms with van der Waals surface area (Å²) in [7, 11) is 0. The van der Waals surface area contributed by atoms with E-state index in [-0.39, 0.29) is 0 Å². The Kier molecular flexibility index (Phi) is 5.40. The smallest absolute Gasteiger partial charge is 0.161 e. The molecule has 3 aromatic heterocycles. The molecule has 0 fully saturated rings. The van der Waals surface area contributed by atoms with Gasteiger partial charge in [0.15, 0.2) is 11.5 Å². The van der Waals surface area contributed by atoms with Crippen LogP contribution in [0.1, 0.15) is 5.69 Å². The lowest BCUT2D eigenvalue weighted by molar-refractivity contribution is 1.17. The molecule has 0 bridgehead atoms. The Labute approximate surface area is 256 Å². The Hall–Kier alpha value is -5.83. The molecular weight excluding hydrogens is 557 g/mol. The third-order valence-corrected chi connectivity index (χ3v) is 9.63. The quantitative estimate of drug-likeness (QED) is 0.210. The standard InChI is InChI=1S/C39H22N4S/c40-23-33-29-9-1-4-12-32(29)41-39(42-33)24-16-19-26(20-17-24)43-34-13-5-2-10-30(34)38-27(11-7-14-35(38)43)25-18-21-37-31(22-25)28-8-3-6-15-36(28)44-37/h1-22H. The van der Waals surface area contributed by atoms with Gasteiger partial charge in [-0.15, -0.1) is 11.3 Å². The van der Waals surface area contributed by atoms with Crippen molar-refractivity contribution < 1.29 is 0 Å². The fraction of sp³-hybridized carbons (Fsp3) is 0. The van der Waals surface area contributed by atoms with Crippen LogP contribution in [0, 0.1) is 11.3 Å². The van der Waals surface area contributed by atoms with Gasteiger partial charge in [0.25, 0.3) is 0 Å². The van der Waals surface area contributed by atoms with Crippen LogP contribution in [-0.2, 0) is 0 Å². The SMILES string of the molecule is N#Cc1nc(-c2ccc(-n3c4ccccc4c4c(-c5ccc6sc7ccccc7c6c5)cccc43)cc2)nc2ccccc12. The summed E-state index contributed by atoms with van der Waals surface area (Å²) in [5.41, 5.74) is 7.82. The minimum atomic E-state index is 0.387. The number of thiophene rings is 1. The van der Waals surface area contributed by atoms with Gasteiger partial charge in [-0.2, -0.15) is 5.26 Å². The first-order chi connectivity index (χ1) is 21.8. The summed E-state index contributed by atoms with van der Waals surface area (Å²) in [5, 5.41) is 15.6. The number of para-hydroxylation sites is 2. The minimum Gasteiger partial charge on any atom is -0.309 e. The molecule has 4 nitrogen and oxygen atoms in total. The molecule has 0 atom stereocenters. The Morgan fingerprint density at radius 2 is 1.27 bits per heavy atom. The van der Waals surface area contributed by atoms with Crippen molar-refractivity contribution in [2.45, 2.75) is 0 Å². The van der Waals surface area contributed by atoms with Gasteiger partial charge in [-0.1, -0.05) is 66.7 Å². The van der Waals surface area contributed by atoms with Gasteiger partial charge in [0.1, 0.15) is 6.07 Å².